The number of benzene rings is 1. The van der Waals surface area contributed by atoms with Crippen LogP contribution < -0.4 is 0 Å². The van der Waals surface area contributed by atoms with E-state index in [0.717, 1.165) is 11.1 Å². The molecule has 0 radical (unpaired) electrons. The Kier molecular flexibility index (Phi) is 5.83. The van der Waals surface area contributed by atoms with Crippen LogP contribution in [0.1, 0.15) is 43.2 Å². The van der Waals surface area contributed by atoms with Gasteiger partial charge in [-0.1, -0.05) is 30.4 Å². The van der Waals surface area contributed by atoms with Crippen molar-refractivity contribution in [2.45, 2.75) is 38.6 Å². The van der Waals surface area contributed by atoms with Gasteiger partial charge >= 0.3 is 0 Å². The molecule has 1 fully saturated rings. The molecule has 1 aromatic carbocycles. The van der Waals surface area contributed by atoms with Crippen LogP contribution in [0.2, 0.25) is 0 Å². The van der Waals surface area contributed by atoms with Crippen molar-refractivity contribution in [1.29, 1.82) is 0 Å². The topological polar surface area (TPSA) is 40.5 Å². The molecule has 0 heterocycles. The zero-order valence-corrected chi connectivity index (χ0v) is 12.6. The zero-order chi connectivity index (χ0) is 15.1. The van der Waals surface area contributed by atoms with E-state index in [4.69, 9.17) is 5.11 Å². The Morgan fingerprint density at radius 3 is 2.90 bits per heavy atom. The van der Waals surface area contributed by atoms with Crippen molar-refractivity contribution >= 4 is 5.91 Å². The van der Waals surface area contributed by atoms with Gasteiger partial charge in [0.25, 0.3) is 0 Å². The first-order valence-electron chi connectivity index (χ1n) is 7.61. The Hall–Kier alpha value is -1.79. The summed E-state index contributed by atoms with van der Waals surface area (Å²) >= 11 is 0. The highest BCUT2D eigenvalue weighted by molar-refractivity contribution is 5.76. The maximum Gasteiger partial charge on any atom is 0.222 e. The van der Waals surface area contributed by atoms with Crippen LogP contribution in [0.15, 0.2) is 24.3 Å². The summed E-state index contributed by atoms with van der Waals surface area (Å²) in [6.45, 7) is 0.714. The number of carbonyl (C=O) groups excluding carboxylic acids is 1. The van der Waals surface area contributed by atoms with Crippen LogP contribution in [-0.2, 0) is 11.3 Å². The third-order valence-electron chi connectivity index (χ3n) is 3.93. The minimum Gasteiger partial charge on any atom is -0.395 e. The fourth-order valence-electron chi connectivity index (χ4n) is 2.43. The molecule has 1 amide bonds. The molecule has 3 nitrogen and oxygen atoms in total. The van der Waals surface area contributed by atoms with E-state index in [2.05, 4.69) is 11.8 Å². The molecule has 112 valence electrons. The summed E-state index contributed by atoms with van der Waals surface area (Å²) in [6.07, 6.45) is 4.86. The molecule has 3 heteroatoms. The van der Waals surface area contributed by atoms with E-state index >= 15 is 0 Å². The molecule has 0 unspecified atom stereocenters. The Bertz CT molecular complexity index is 538. The van der Waals surface area contributed by atoms with Crippen molar-refractivity contribution in [3.63, 3.8) is 0 Å². The van der Waals surface area contributed by atoms with Gasteiger partial charge in [-0.2, -0.15) is 0 Å². The van der Waals surface area contributed by atoms with Crippen LogP contribution in [0, 0.1) is 17.8 Å². The first-order chi connectivity index (χ1) is 10.2. The van der Waals surface area contributed by atoms with E-state index in [1.807, 2.05) is 31.3 Å². The van der Waals surface area contributed by atoms with E-state index in [9.17, 15) is 4.79 Å². The van der Waals surface area contributed by atoms with Crippen molar-refractivity contribution < 1.29 is 9.90 Å². The lowest BCUT2D eigenvalue weighted by Gasteiger charge is -2.27. The SMILES string of the molecule is CN(Cc1cccc(C#CCCO)c1)C(=O)CC1CCC1. The third-order valence-corrected chi connectivity index (χ3v) is 3.93. The molecule has 21 heavy (non-hydrogen) atoms. The van der Waals surface area contributed by atoms with E-state index in [0.29, 0.717) is 25.3 Å². The highest BCUT2D eigenvalue weighted by atomic mass is 16.2. The Labute approximate surface area is 127 Å². The summed E-state index contributed by atoms with van der Waals surface area (Å²) in [4.78, 5) is 13.9. The van der Waals surface area contributed by atoms with Crippen LogP contribution in [0.25, 0.3) is 0 Å². The highest BCUT2D eigenvalue weighted by Gasteiger charge is 2.22. The molecule has 1 aromatic rings. The van der Waals surface area contributed by atoms with Gasteiger partial charge in [-0.15, -0.1) is 0 Å². The Morgan fingerprint density at radius 2 is 2.24 bits per heavy atom. The molecule has 0 atom stereocenters. The standard InChI is InChI=1S/C18H23NO2/c1-19(18(21)13-16-8-4-9-16)14-17-10-5-7-15(12-17)6-2-3-11-20/h5,7,10,12,16,20H,3-4,8-9,11,13-14H2,1H3. The molecular weight excluding hydrogens is 262 g/mol. The lowest BCUT2D eigenvalue weighted by Crippen LogP contribution is -2.29. The van der Waals surface area contributed by atoms with Crippen molar-refractivity contribution in [3.8, 4) is 11.8 Å². The molecule has 1 saturated carbocycles. The third kappa shape index (κ3) is 4.91. The molecule has 2 rings (SSSR count). The van der Waals surface area contributed by atoms with E-state index < -0.39 is 0 Å². The number of aliphatic hydroxyl groups excluding tert-OH is 1. The second-order valence-electron chi connectivity index (χ2n) is 5.73. The minimum atomic E-state index is 0.0884. The fraction of sp³-hybridized carbons (Fsp3) is 0.500. The van der Waals surface area contributed by atoms with Gasteiger partial charge in [0.15, 0.2) is 0 Å². The Balaban J connectivity index is 1.90. The van der Waals surface area contributed by atoms with Crippen LogP contribution in [0.5, 0.6) is 0 Å². The maximum atomic E-state index is 12.1. The molecule has 1 aliphatic rings. The van der Waals surface area contributed by atoms with Crippen LogP contribution >= 0.6 is 0 Å². The maximum absolute atomic E-state index is 12.1. The second-order valence-corrected chi connectivity index (χ2v) is 5.73. The van der Waals surface area contributed by atoms with Crippen molar-refractivity contribution in [2.75, 3.05) is 13.7 Å². The lowest BCUT2D eigenvalue weighted by molar-refractivity contribution is -0.132. The molecule has 1 aliphatic carbocycles. The molecule has 0 spiro atoms. The van der Waals surface area contributed by atoms with Gasteiger partial charge in [0.2, 0.25) is 5.91 Å². The van der Waals surface area contributed by atoms with Crippen molar-refractivity contribution in [1.82, 2.24) is 4.90 Å². The Morgan fingerprint density at radius 1 is 1.43 bits per heavy atom. The number of nitrogens with zero attached hydrogens (tertiary/aromatic N) is 1. The molecule has 0 saturated heterocycles. The number of hydrogen-bond donors (Lipinski definition) is 1. The number of hydrogen-bond acceptors (Lipinski definition) is 2. The first-order valence-corrected chi connectivity index (χ1v) is 7.61. The summed E-state index contributed by atoms with van der Waals surface area (Å²) in [5.74, 6) is 6.78. The highest BCUT2D eigenvalue weighted by Crippen LogP contribution is 2.29. The predicted molar refractivity (Wildman–Crippen MR) is 83.5 cm³/mol. The number of carbonyl (C=O) groups is 1. The number of rotatable bonds is 5. The van der Waals surface area contributed by atoms with Gasteiger partial charge in [0.1, 0.15) is 0 Å². The van der Waals surface area contributed by atoms with Crippen LogP contribution in [-0.4, -0.2) is 29.6 Å². The summed E-state index contributed by atoms with van der Waals surface area (Å²) in [6, 6.07) is 7.94. The molecule has 0 aliphatic heterocycles. The van der Waals surface area contributed by atoms with Gasteiger partial charge in [-0.05, 0) is 36.5 Å². The lowest BCUT2D eigenvalue weighted by atomic mass is 9.83. The van der Waals surface area contributed by atoms with E-state index in [1.165, 1.54) is 19.3 Å². The molecule has 0 aromatic heterocycles. The van der Waals surface area contributed by atoms with Gasteiger partial charge in [0.05, 0.1) is 6.61 Å². The van der Waals surface area contributed by atoms with Crippen LogP contribution in [0.4, 0.5) is 0 Å². The average molecular weight is 285 g/mol. The zero-order valence-electron chi connectivity index (χ0n) is 12.6. The van der Waals surface area contributed by atoms with Crippen LogP contribution in [0.3, 0.4) is 0 Å². The normalized spacial score (nSPS) is 14.0. The minimum absolute atomic E-state index is 0.0884. The number of aliphatic hydroxyl groups is 1. The van der Waals surface area contributed by atoms with Gasteiger partial charge < -0.3 is 10.0 Å². The predicted octanol–water partition coefficient (Wildman–Crippen LogP) is 2.57. The second kappa shape index (κ2) is 7.85. The summed E-state index contributed by atoms with van der Waals surface area (Å²) in [7, 11) is 1.87. The van der Waals surface area contributed by atoms with Crippen molar-refractivity contribution in [3.05, 3.63) is 35.4 Å². The van der Waals surface area contributed by atoms with Gasteiger partial charge in [-0.3, -0.25) is 4.79 Å². The summed E-state index contributed by atoms with van der Waals surface area (Å²) in [5.41, 5.74) is 2.02. The van der Waals surface area contributed by atoms with Gasteiger partial charge in [-0.25, -0.2) is 0 Å². The molecule has 0 bridgehead atoms. The number of amides is 1. The van der Waals surface area contributed by atoms with E-state index in [-0.39, 0.29) is 12.5 Å². The smallest absolute Gasteiger partial charge is 0.222 e. The monoisotopic (exact) mass is 285 g/mol. The fourth-order valence-corrected chi connectivity index (χ4v) is 2.43. The molecular formula is C18H23NO2. The van der Waals surface area contributed by atoms with Crippen molar-refractivity contribution in [2.24, 2.45) is 5.92 Å². The average Bonchev–Trinajstić information content (AvgIpc) is 2.43. The van der Waals surface area contributed by atoms with E-state index in [1.54, 1.807) is 4.90 Å². The summed E-state index contributed by atoms with van der Waals surface area (Å²) in [5, 5.41) is 8.73. The quantitative estimate of drug-likeness (QED) is 0.845. The first kappa shape index (κ1) is 15.6. The van der Waals surface area contributed by atoms with Gasteiger partial charge in [0, 0.05) is 32.0 Å². The molecule has 1 N–H and O–H groups in total. The summed E-state index contributed by atoms with van der Waals surface area (Å²) < 4.78 is 0. The largest absolute Gasteiger partial charge is 0.395 e.